The molecule has 11 heteroatoms. The number of nitrogens with zero attached hydrogens (tertiary/aromatic N) is 8. The smallest absolute Gasteiger partial charge is 0.347 e. The fourth-order valence-corrected chi connectivity index (χ4v) is 3.69. The quantitative estimate of drug-likeness (QED) is 0.622. The number of alkyl halides is 3. The molecule has 0 radical (unpaired) electrons. The molecule has 166 valence electrons. The first-order chi connectivity index (χ1) is 14.6. The number of hydrogen-bond acceptors (Lipinski definition) is 7. The predicted octanol–water partition coefficient (Wildman–Crippen LogP) is 3.51. The van der Waals surface area contributed by atoms with Crippen molar-refractivity contribution < 1.29 is 13.2 Å². The fraction of sp³-hybridized carbons (Fsp3) is 0.550. The number of piperidine rings is 1. The number of anilines is 2. The van der Waals surface area contributed by atoms with Crippen LogP contribution >= 0.6 is 0 Å². The molecule has 0 amide bonds. The van der Waals surface area contributed by atoms with E-state index in [1.54, 1.807) is 0 Å². The molecule has 0 aliphatic carbocycles. The van der Waals surface area contributed by atoms with E-state index in [0.717, 1.165) is 31.6 Å². The summed E-state index contributed by atoms with van der Waals surface area (Å²) < 4.78 is 41.0. The zero-order chi connectivity index (χ0) is 22.3. The van der Waals surface area contributed by atoms with Crippen LogP contribution in [0.5, 0.6) is 0 Å². The Labute approximate surface area is 178 Å². The van der Waals surface area contributed by atoms with Crippen LogP contribution in [0.2, 0.25) is 0 Å². The van der Waals surface area contributed by atoms with Crippen LogP contribution in [0.15, 0.2) is 18.3 Å². The summed E-state index contributed by atoms with van der Waals surface area (Å²) in [6.07, 6.45) is -1.70. The van der Waals surface area contributed by atoms with Gasteiger partial charge in [0.1, 0.15) is 11.6 Å². The molecular formula is C20H25F3N8. The third-order valence-corrected chi connectivity index (χ3v) is 5.37. The molecule has 4 rings (SSSR count). The Morgan fingerprint density at radius 1 is 1.10 bits per heavy atom. The van der Waals surface area contributed by atoms with Gasteiger partial charge in [0.25, 0.3) is 0 Å². The number of hydrogen-bond donors (Lipinski definition) is 0. The zero-order valence-electron chi connectivity index (χ0n) is 17.9. The van der Waals surface area contributed by atoms with Crippen molar-refractivity contribution in [3.05, 3.63) is 35.5 Å². The Morgan fingerprint density at radius 2 is 1.87 bits per heavy atom. The maximum absolute atomic E-state index is 13.2. The molecule has 0 saturated carbocycles. The van der Waals surface area contributed by atoms with Crippen molar-refractivity contribution in [2.75, 3.05) is 37.0 Å². The first kappa shape index (κ1) is 21.3. The summed E-state index contributed by atoms with van der Waals surface area (Å²) >= 11 is 0. The van der Waals surface area contributed by atoms with Crippen LogP contribution in [0.4, 0.5) is 25.1 Å². The van der Waals surface area contributed by atoms with E-state index < -0.39 is 11.7 Å². The molecular weight excluding hydrogens is 409 g/mol. The lowest BCUT2D eigenvalue weighted by Crippen LogP contribution is -2.37. The summed E-state index contributed by atoms with van der Waals surface area (Å²) in [5.41, 5.74) is -0.319. The first-order valence-corrected chi connectivity index (χ1v) is 10.2. The van der Waals surface area contributed by atoms with Crippen molar-refractivity contribution in [3.63, 3.8) is 0 Å². The third kappa shape index (κ3) is 4.26. The van der Waals surface area contributed by atoms with Crippen LogP contribution in [0.25, 0.3) is 5.65 Å². The molecule has 8 nitrogen and oxygen atoms in total. The maximum Gasteiger partial charge on any atom is 0.417 e. The summed E-state index contributed by atoms with van der Waals surface area (Å²) in [5.74, 6) is 2.45. The topological polar surface area (TPSA) is 75.3 Å². The summed E-state index contributed by atoms with van der Waals surface area (Å²) in [4.78, 5) is 17.7. The second-order valence-electron chi connectivity index (χ2n) is 8.33. The Morgan fingerprint density at radius 3 is 2.55 bits per heavy atom. The van der Waals surface area contributed by atoms with Crippen molar-refractivity contribution in [3.8, 4) is 0 Å². The lowest BCUT2D eigenvalue weighted by molar-refractivity contribution is -0.137. The average Bonchev–Trinajstić information content (AvgIpc) is 3.16. The van der Waals surface area contributed by atoms with Gasteiger partial charge in [-0.05, 0) is 25.0 Å². The van der Waals surface area contributed by atoms with Gasteiger partial charge in [-0.25, -0.2) is 0 Å². The minimum absolute atomic E-state index is 0.0886. The Hall–Kier alpha value is -2.98. The number of fused-ring (bicyclic) bond motifs is 1. The van der Waals surface area contributed by atoms with Crippen molar-refractivity contribution in [1.82, 2.24) is 29.5 Å². The van der Waals surface area contributed by atoms with Crippen molar-refractivity contribution >= 4 is 17.5 Å². The molecule has 3 aromatic heterocycles. The van der Waals surface area contributed by atoms with E-state index in [-0.39, 0.29) is 11.8 Å². The van der Waals surface area contributed by atoms with Crippen molar-refractivity contribution in [2.24, 2.45) is 0 Å². The standard InChI is InChI=1S/C20H25F3N8/c1-12(2)16-24-18(29(3)4)26-19(25-16)30-9-5-6-13(10-30)17-28-27-15-8-7-14(11-31(15)17)20(21,22)23/h7-8,11-13H,5-6,9-10H2,1-4H3. The highest BCUT2D eigenvalue weighted by molar-refractivity contribution is 5.42. The molecule has 0 spiro atoms. The minimum Gasteiger partial charge on any atom is -0.347 e. The average molecular weight is 434 g/mol. The van der Waals surface area contributed by atoms with E-state index in [9.17, 15) is 13.2 Å². The fourth-order valence-electron chi connectivity index (χ4n) is 3.69. The Kier molecular flexibility index (Phi) is 5.44. The maximum atomic E-state index is 13.2. The summed E-state index contributed by atoms with van der Waals surface area (Å²) in [6, 6.07) is 2.38. The van der Waals surface area contributed by atoms with Gasteiger partial charge in [-0.15, -0.1) is 10.2 Å². The van der Waals surface area contributed by atoms with Gasteiger partial charge in [0, 0.05) is 45.2 Å². The summed E-state index contributed by atoms with van der Waals surface area (Å²) in [5, 5.41) is 8.29. The molecule has 1 saturated heterocycles. The highest BCUT2D eigenvalue weighted by atomic mass is 19.4. The van der Waals surface area contributed by atoms with Gasteiger partial charge in [-0.1, -0.05) is 13.8 Å². The molecule has 3 aromatic rings. The van der Waals surface area contributed by atoms with Crippen LogP contribution in [0, 0.1) is 0 Å². The second-order valence-corrected chi connectivity index (χ2v) is 8.33. The molecule has 4 heterocycles. The van der Waals surface area contributed by atoms with Crippen LogP contribution in [-0.4, -0.2) is 56.7 Å². The summed E-state index contributed by atoms with van der Waals surface area (Å²) in [7, 11) is 3.76. The lowest BCUT2D eigenvalue weighted by Gasteiger charge is -2.32. The number of rotatable bonds is 4. The molecule has 1 aliphatic heterocycles. The number of aromatic nitrogens is 6. The zero-order valence-corrected chi connectivity index (χ0v) is 17.9. The Balaban J connectivity index is 1.67. The van der Waals surface area contributed by atoms with Gasteiger partial charge in [0.2, 0.25) is 11.9 Å². The number of pyridine rings is 1. The van der Waals surface area contributed by atoms with E-state index in [0.29, 0.717) is 35.7 Å². The number of halogens is 3. The monoisotopic (exact) mass is 434 g/mol. The van der Waals surface area contributed by atoms with Gasteiger partial charge < -0.3 is 9.80 Å². The highest BCUT2D eigenvalue weighted by Gasteiger charge is 2.32. The van der Waals surface area contributed by atoms with Gasteiger partial charge >= 0.3 is 6.18 Å². The molecule has 0 aromatic carbocycles. The molecule has 1 unspecified atom stereocenters. The minimum atomic E-state index is -4.42. The normalized spacial score (nSPS) is 17.5. The Bertz CT molecular complexity index is 1050. The first-order valence-electron chi connectivity index (χ1n) is 10.2. The third-order valence-electron chi connectivity index (χ3n) is 5.37. The van der Waals surface area contributed by atoms with Crippen LogP contribution < -0.4 is 9.80 Å². The van der Waals surface area contributed by atoms with Crippen molar-refractivity contribution in [2.45, 2.75) is 44.7 Å². The van der Waals surface area contributed by atoms with Crippen LogP contribution in [0.3, 0.4) is 0 Å². The largest absolute Gasteiger partial charge is 0.417 e. The second kappa shape index (κ2) is 7.93. The van der Waals surface area contributed by atoms with Crippen molar-refractivity contribution in [1.29, 1.82) is 0 Å². The summed E-state index contributed by atoms with van der Waals surface area (Å²) in [6.45, 7) is 5.36. The van der Waals surface area contributed by atoms with Crippen LogP contribution in [0.1, 0.15) is 55.7 Å². The molecule has 31 heavy (non-hydrogen) atoms. The SMILES string of the molecule is CC(C)c1nc(N(C)C)nc(N2CCCC(c3nnc4ccc(C(F)(F)F)cn34)C2)n1. The van der Waals surface area contributed by atoms with E-state index in [1.807, 2.05) is 32.8 Å². The van der Waals surface area contributed by atoms with Gasteiger partial charge in [-0.3, -0.25) is 4.40 Å². The van der Waals surface area contributed by atoms with E-state index in [2.05, 4.69) is 30.0 Å². The van der Waals surface area contributed by atoms with E-state index in [4.69, 9.17) is 0 Å². The van der Waals surface area contributed by atoms with E-state index in [1.165, 1.54) is 10.5 Å². The highest BCUT2D eigenvalue weighted by Crippen LogP contribution is 2.32. The van der Waals surface area contributed by atoms with Gasteiger partial charge in [0.15, 0.2) is 5.65 Å². The van der Waals surface area contributed by atoms with Gasteiger partial charge in [0.05, 0.1) is 5.56 Å². The van der Waals surface area contributed by atoms with Crippen LogP contribution in [-0.2, 0) is 6.18 Å². The van der Waals surface area contributed by atoms with Gasteiger partial charge in [-0.2, -0.15) is 28.1 Å². The van der Waals surface area contributed by atoms with E-state index >= 15 is 0 Å². The molecule has 1 fully saturated rings. The predicted molar refractivity (Wildman–Crippen MR) is 110 cm³/mol. The molecule has 1 aliphatic rings. The molecule has 1 atom stereocenters. The molecule has 0 N–H and O–H groups in total. The molecule has 0 bridgehead atoms. The lowest BCUT2D eigenvalue weighted by atomic mass is 9.97.